The zero-order valence-electron chi connectivity index (χ0n) is 18.5. The normalized spacial score (nSPS) is 15.8. The van der Waals surface area contributed by atoms with Gasteiger partial charge in [0.25, 0.3) is 0 Å². The summed E-state index contributed by atoms with van der Waals surface area (Å²) in [6, 6.07) is 10.7. The highest BCUT2D eigenvalue weighted by atomic mass is 32.1. The molecule has 2 amide bonds. The molecule has 3 aromatic rings. The number of thiophene rings is 1. The maximum Gasteiger partial charge on any atom is 0.348 e. The number of nitrogens with zero attached hydrogens (tertiary/aromatic N) is 2. The second-order valence-corrected chi connectivity index (χ2v) is 8.60. The molecule has 3 heterocycles. The molecule has 10 heteroatoms. The van der Waals surface area contributed by atoms with E-state index in [4.69, 9.17) is 9.47 Å². The highest BCUT2D eigenvalue weighted by Crippen LogP contribution is 2.29. The van der Waals surface area contributed by atoms with Gasteiger partial charge in [-0.05, 0) is 32.4 Å². The van der Waals surface area contributed by atoms with Crippen LogP contribution in [-0.4, -0.2) is 47.0 Å². The van der Waals surface area contributed by atoms with E-state index in [1.807, 2.05) is 41.9 Å². The molecular weight excluding hydrogens is 444 g/mol. The molecule has 1 unspecified atom stereocenters. The van der Waals surface area contributed by atoms with Crippen molar-refractivity contribution in [1.82, 2.24) is 20.4 Å². The predicted molar refractivity (Wildman–Crippen MR) is 123 cm³/mol. The highest BCUT2D eigenvalue weighted by Gasteiger charge is 2.30. The first-order chi connectivity index (χ1) is 15.9. The van der Waals surface area contributed by atoms with Crippen LogP contribution < -0.4 is 10.6 Å². The molecule has 0 spiro atoms. The highest BCUT2D eigenvalue weighted by molar-refractivity contribution is 7.20. The number of amides is 2. The van der Waals surface area contributed by atoms with Crippen molar-refractivity contribution in [3.8, 4) is 0 Å². The second-order valence-electron chi connectivity index (χ2n) is 7.57. The Morgan fingerprint density at radius 3 is 2.67 bits per heavy atom. The number of carbonyl (C=O) groups excluding carboxylic acids is 3. The predicted octanol–water partition coefficient (Wildman–Crippen LogP) is 3.13. The van der Waals surface area contributed by atoms with Crippen LogP contribution in [0.4, 0.5) is 4.79 Å². The number of fused-ring (bicyclic) bond motifs is 1. The van der Waals surface area contributed by atoms with Gasteiger partial charge in [-0.25, -0.2) is 14.4 Å². The van der Waals surface area contributed by atoms with Crippen molar-refractivity contribution in [1.29, 1.82) is 0 Å². The Hall–Kier alpha value is -3.66. The standard InChI is InChI=1S/C23H24N4O5S/c1-4-31-22(29)19-14(3)24-23(30)25-17(19)12-32-21(28)18-10-16-13(2)26-27(20(16)33-18)11-15-8-6-5-7-9-15/h5-10,14H,4,11-12H2,1-3H3,(H2,24,25,30). The fourth-order valence-corrected chi connectivity index (χ4v) is 4.73. The second kappa shape index (κ2) is 9.45. The van der Waals surface area contributed by atoms with Gasteiger partial charge in [-0.2, -0.15) is 5.10 Å². The van der Waals surface area contributed by atoms with Gasteiger partial charge in [0.15, 0.2) is 0 Å². The summed E-state index contributed by atoms with van der Waals surface area (Å²) in [5.74, 6) is -1.11. The molecule has 0 radical (unpaired) electrons. The van der Waals surface area contributed by atoms with Crippen LogP contribution in [0.25, 0.3) is 10.2 Å². The lowest BCUT2D eigenvalue weighted by atomic mass is 10.0. The van der Waals surface area contributed by atoms with E-state index < -0.39 is 24.0 Å². The van der Waals surface area contributed by atoms with Gasteiger partial charge in [0.05, 0.1) is 36.2 Å². The number of urea groups is 1. The molecule has 1 aromatic carbocycles. The lowest BCUT2D eigenvalue weighted by molar-refractivity contribution is -0.139. The molecule has 1 aliphatic heterocycles. The smallest absolute Gasteiger partial charge is 0.348 e. The summed E-state index contributed by atoms with van der Waals surface area (Å²) in [5, 5.41) is 10.6. The molecular formula is C23H24N4O5S. The first-order valence-corrected chi connectivity index (χ1v) is 11.3. The van der Waals surface area contributed by atoms with Crippen LogP contribution in [0.1, 0.15) is 34.8 Å². The Bertz CT molecular complexity index is 1240. The van der Waals surface area contributed by atoms with Gasteiger partial charge in [0.1, 0.15) is 16.3 Å². The van der Waals surface area contributed by atoms with Gasteiger partial charge in [-0.15, -0.1) is 11.3 Å². The van der Waals surface area contributed by atoms with E-state index in [1.165, 1.54) is 11.3 Å². The van der Waals surface area contributed by atoms with Crippen LogP contribution in [0.2, 0.25) is 0 Å². The van der Waals surface area contributed by atoms with E-state index in [0.717, 1.165) is 21.5 Å². The van der Waals surface area contributed by atoms with E-state index in [1.54, 1.807) is 19.9 Å². The number of carbonyl (C=O) groups is 3. The first-order valence-electron chi connectivity index (χ1n) is 10.5. The molecule has 0 bridgehead atoms. The van der Waals surface area contributed by atoms with E-state index in [2.05, 4.69) is 15.7 Å². The molecule has 0 fully saturated rings. The van der Waals surface area contributed by atoms with Crippen molar-refractivity contribution in [2.75, 3.05) is 13.2 Å². The number of benzene rings is 1. The Labute approximate surface area is 194 Å². The number of hydrogen-bond acceptors (Lipinski definition) is 7. The molecule has 33 heavy (non-hydrogen) atoms. The lowest BCUT2D eigenvalue weighted by Crippen LogP contribution is -2.50. The van der Waals surface area contributed by atoms with E-state index in [9.17, 15) is 14.4 Å². The molecule has 2 aromatic heterocycles. The Balaban J connectivity index is 1.54. The Kier molecular flexibility index (Phi) is 6.45. The molecule has 9 nitrogen and oxygen atoms in total. The monoisotopic (exact) mass is 468 g/mol. The van der Waals surface area contributed by atoms with Crippen molar-refractivity contribution < 1.29 is 23.9 Å². The first kappa shape index (κ1) is 22.5. The quantitative estimate of drug-likeness (QED) is 0.516. The number of nitrogens with one attached hydrogen (secondary N) is 2. The van der Waals surface area contributed by atoms with Gasteiger partial charge in [0.2, 0.25) is 0 Å². The maximum atomic E-state index is 12.8. The van der Waals surface area contributed by atoms with Crippen molar-refractivity contribution in [3.05, 3.63) is 63.8 Å². The number of aromatic nitrogens is 2. The summed E-state index contributed by atoms with van der Waals surface area (Å²) >= 11 is 1.29. The number of hydrogen-bond donors (Lipinski definition) is 2. The summed E-state index contributed by atoms with van der Waals surface area (Å²) in [6.45, 7) is 5.78. The third kappa shape index (κ3) is 4.75. The summed E-state index contributed by atoms with van der Waals surface area (Å²) in [7, 11) is 0. The van der Waals surface area contributed by atoms with Crippen molar-refractivity contribution in [3.63, 3.8) is 0 Å². The van der Waals surface area contributed by atoms with Crippen molar-refractivity contribution in [2.45, 2.75) is 33.4 Å². The van der Waals surface area contributed by atoms with Crippen LogP contribution in [0.5, 0.6) is 0 Å². The number of esters is 2. The molecule has 172 valence electrons. The minimum Gasteiger partial charge on any atom is -0.463 e. The summed E-state index contributed by atoms with van der Waals surface area (Å²) in [5.41, 5.74) is 2.37. The number of aryl methyl sites for hydroxylation is 1. The fraction of sp³-hybridized carbons (Fsp3) is 0.304. The average molecular weight is 469 g/mol. The van der Waals surface area contributed by atoms with E-state index >= 15 is 0 Å². The van der Waals surface area contributed by atoms with Gasteiger partial charge < -0.3 is 20.1 Å². The van der Waals surface area contributed by atoms with E-state index in [-0.39, 0.29) is 24.5 Å². The van der Waals surface area contributed by atoms with Crippen LogP contribution in [-0.2, 0) is 20.8 Å². The van der Waals surface area contributed by atoms with Crippen LogP contribution >= 0.6 is 11.3 Å². The minimum atomic E-state index is -0.568. The average Bonchev–Trinajstić information content (AvgIpc) is 3.34. The Morgan fingerprint density at radius 1 is 1.18 bits per heavy atom. The minimum absolute atomic E-state index is 0.192. The van der Waals surface area contributed by atoms with Crippen molar-refractivity contribution >= 4 is 39.5 Å². The third-order valence-electron chi connectivity index (χ3n) is 5.20. The van der Waals surface area contributed by atoms with Gasteiger partial charge in [-0.3, -0.25) is 4.68 Å². The summed E-state index contributed by atoms with van der Waals surface area (Å²) < 4.78 is 12.4. The molecule has 1 aliphatic rings. The molecule has 0 saturated carbocycles. The molecule has 4 rings (SSSR count). The molecule has 2 N–H and O–H groups in total. The summed E-state index contributed by atoms with van der Waals surface area (Å²) in [6.07, 6.45) is 0. The molecule has 1 atom stereocenters. The molecule has 0 saturated heterocycles. The van der Waals surface area contributed by atoms with Gasteiger partial charge >= 0.3 is 18.0 Å². The van der Waals surface area contributed by atoms with E-state index in [0.29, 0.717) is 11.4 Å². The number of ether oxygens (including phenoxy) is 2. The van der Waals surface area contributed by atoms with Crippen LogP contribution in [0, 0.1) is 6.92 Å². The Morgan fingerprint density at radius 2 is 1.94 bits per heavy atom. The topological polar surface area (TPSA) is 112 Å². The van der Waals surface area contributed by atoms with Crippen LogP contribution in [0.15, 0.2) is 47.7 Å². The summed E-state index contributed by atoms with van der Waals surface area (Å²) in [4.78, 5) is 38.3. The largest absolute Gasteiger partial charge is 0.463 e. The van der Waals surface area contributed by atoms with Gasteiger partial charge in [-0.1, -0.05) is 30.3 Å². The van der Waals surface area contributed by atoms with Crippen LogP contribution in [0.3, 0.4) is 0 Å². The maximum absolute atomic E-state index is 12.8. The third-order valence-corrected chi connectivity index (χ3v) is 6.33. The lowest BCUT2D eigenvalue weighted by Gasteiger charge is -2.26. The molecule has 0 aliphatic carbocycles. The van der Waals surface area contributed by atoms with Crippen molar-refractivity contribution in [2.24, 2.45) is 0 Å². The zero-order valence-corrected chi connectivity index (χ0v) is 19.3. The number of rotatable bonds is 7. The van der Waals surface area contributed by atoms with Gasteiger partial charge in [0, 0.05) is 5.39 Å². The zero-order chi connectivity index (χ0) is 23.5. The fourth-order valence-electron chi connectivity index (χ4n) is 3.68. The SMILES string of the molecule is CCOC(=O)C1=C(COC(=O)c2cc3c(C)nn(Cc4ccccc4)c3s2)NC(=O)NC1C.